The molecule has 0 N–H and O–H groups in total. The molecule has 0 bridgehead atoms. The summed E-state index contributed by atoms with van der Waals surface area (Å²) in [5.41, 5.74) is 6.32. The van der Waals surface area contributed by atoms with Gasteiger partial charge in [0.15, 0.2) is 5.82 Å². The minimum absolute atomic E-state index is 0.740. The first-order chi connectivity index (χ1) is 19.8. The van der Waals surface area contributed by atoms with Crippen molar-refractivity contribution in [2.45, 2.75) is 0 Å². The van der Waals surface area contributed by atoms with Crippen LogP contribution >= 0.6 is 0 Å². The minimum Gasteiger partial charge on any atom is -0.228 e. The molecule has 0 spiro atoms. The Morgan fingerprint density at radius 3 is 1.40 bits per heavy atom. The van der Waals surface area contributed by atoms with Crippen LogP contribution < -0.4 is 0 Å². The molecule has 0 fully saturated rings. The topological polar surface area (TPSA) is 25.8 Å². The molecular formula is C38H24N2. The van der Waals surface area contributed by atoms with Crippen molar-refractivity contribution in [2.24, 2.45) is 0 Å². The summed E-state index contributed by atoms with van der Waals surface area (Å²) in [6.45, 7) is 0. The fourth-order valence-electron chi connectivity index (χ4n) is 5.93. The van der Waals surface area contributed by atoms with E-state index in [9.17, 15) is 0 Å². The molecule has 1 aromatic heterocycles. The van der Waals surface area contributed by atoms with E-state index in [2.05, 4.69) is 121 Å². The summed E-state index contributed by atoms with van der Waals surface area (Å²) in [6, 6.07) is 51.5. The van der Waals surface area contributed by atoms with Crippen LogP contribution in [0.1, 0.15) is 0 Å². The molecule has 0 aliphatic rings. The zero-order valence-electron chi connectivity index (χ0n) is 21.8. The zero-order valence-corrected chi connectivity index (χ0v) is 21.8. The molecular weight excluding hydrogens is 484 g/mol. The van der Waals surface area contributed by atoms with Gasteiger partial charge in [0.05, 0.1) is 11.2 Å². The maximum Gasteiger partial charge on any atom is 0.160 e. The number of hydrogen-bond donors (Lipinski definition) is 0. The predicted octanol–water partition coefficient (Wildman–Crippen LogP) is 10.1. The Balaban J connectivity index is 1.37. The molecule has 0 saturated heterocycles. The first kappa shape index (κ1) is 22.6. The van der Waals surface area contributed by atoms with Gasteiger partial charge in [-0.2, -0.15) is 0 Å². The van der Waals surface area contributed by atoms with E-state index >= 15 is 0 Å². The highest BCUT2D eigenvalue weighted by atomic mass is 14.9. The van der Waals surface area contributed by atoms with Crippen LogP contribution in [0.15, 0.2) is 146 Å². The van der Waals surface area contributed by atoms with E-state index in [4.69, 9.17) is 9.97 Å². The van der Waals surface area contributed by atoms with Crippen molar-refractivity contribution < 1.29 is 0 Å². The lowest BCUT2D eigenvalue weighted by Gasteiger charge is -2.13. The average molecular weight is 509 g/mol. The first-order valence-corrected chi connectivity index (χ1v) is 13.6. The van der Waals surface area contributed by atoms with Crippen molar-refractivity contribution in [3.63, 3.8) is 0 Å². The van der Waals surface area contributed by atoms with Crippen molar-refractivity contribution in [3.8, 4) is 33.8 Å². The second-order valence-corrected chi connectivity index (χ2v) is 10.2. The van der Waals surface area contributed by atoms with Gasteiger partial charge in [-0.15, -0.1) is 0 Å². The standard InChI is InChI=1S/C38H24N2/c1-3-11-25(12-4-1)37-35-24-28(20-22-36(35)39-38(40-37)26-13-5-2-6-14-26)27-19-21-33-31-17-8-7-15-29(31)30-16-9-10-18-32(30)34(33)23-27/h1-24H. The van der Waals surface area contributed by atoms with E-state index in [0.717, 1.165) is 39.1 Å². The van der Waals surface area contributed by atoms with Crippen molar-refractivity contribution >= 4 is 43.2 Å². The highest BCUT2D eigenvalue weighted by Gasteiger charge is 2.14. The zero-order chi connectivity index (χ0) is 26.5. The van der Waals surface area contributed by atoms with E-state index < -0.39 is 0 Å². The molecule has 0 aliphatic carbocycles. The number of nitrogens with zero attached hydrogens (tertiary/aromatic N) is 2. The first-order valence-electron chi connectivity index (χ1n) is 13.6. The third-order valence-electron chi connectivity index (χ3n) is 7.85. The summed E-state index contributed by atoms with van der Waals surface area (Å²) in [4.78, 5) is 10.1. The summed E-state index contributed by atoms with van der Waals surface area (Å²) in [5.74, 6) is 0.740. The number of aromatic nitrogens is 2. The Kier molecular flexibility index (Phi) is 5.17. The summed E-state index contributed by atoms with van der Waals surface area (Å²) in [5, 5.41) is 8.74. The van der Waals surface area contributed by atoms with E-state index in [0.29, 0.717) is 0 Å². The Bertz CT molecular complexity index is 2160. The van der Waals surface area contributed by atoms with Gasteiger partial charge < -0.3 is 0 Å². The summed E-state index contributed by atoms with van der Waals surface area (Å²) in [6.07, 6.45) is 0. The van der Waals surface area contributed by atoms with Crippen LogP contribution in [0.5, 0.6) is 0 Å². The van der Waals surface area contributed by atoms with Gasteiger partial charge in [-0.1, -0.05) is 127 Å². The van der Waals surface area contributed by atoms with Crippen molar-refractivity contribution in [3.05, 3.63) is 146 Å². The van der Waals surface area contributed by atoms with Crippen LogP contribution in [0, 0.1) is 0 Å². The summed E-state index contributed by atoms with van der Waals surface area (Å²) >= 11 is 0. The lowest BCUT2D eigenvalue weighted by molar-refractivity contribution is 1.23. The number of benzene rings is 7. The van der Waals surface area contributed by atoms with Crippen molar-refractivity contribution in [2.75, 3.05) is 0 Å². The molecule has 8 aromatic rings. The second kappa shape index (κ2) is 9.14. The maximum absolute atomic E-state index is 5.09. The molecule has 1 heterocycles. The van der Waals surface area contributed by atoms with Crippen LogP contribution in [0.4, 0.5) is 0 Å². The second-order valence-electron chi connectivity index (χ2n) is 10.2. The Labute approximate surface area is 232 Å². The number of fused-ring (bicyclic) bond motifs is 7. The normalized spacial score (nSPS) is 11.5. The van der Waals surface area contributed by atoms with Gasteiger partial charge in [0, 0.05) is 16.5 Å². The molecule has 40 heavy (non-hydrogen) atoms. The molecule has 186 valence electrons. The molecule has 0 amide bonds. The smallest absolute Gasteiger partial charge is 0.160 e. The molecule has 0 atom stereocenters. The summed E-state index contributed by atoms with van der Waals surface area (Å²) in [7, 11) is 0. The summed E-state index contributed by atoms with van der Waals surface area (Å²) < 4.78 is 0. The van der Waals surface area contributed by atoms with E-state index in [1.54, 1.807) is 0 Å². The molecule has 8 rings (SSSR count). The lowest BCUT2D eigenvalue weighted by Crippen LogP contribution is -1.95. The van der Waals surface area contributed by atoms with Gasteiger partial charge in [-0.3, -0.25) is 0 Å². The molecule has 0 saturated carbocycles. The van der Waals surface area contributed by atoms with E-state index in [-0.39, 0.29) is 0 Å². The average Bonchev–Trinajstić information content (AvgIpc) is 3.05. The maximum atomic E-state index is 5.09. The van der Waals surface area contributed by atoms with Gasteiger partial charge in [0.1, 0.15) is 0 Å². The largest absolute Gasteiger partial charge is 0.228 e. The van der Waals surface area contributed by atoms with E-state index in [1.165, 1.54) is 37.9 Å². The fourth-order valence-corrected chi connectivity index (χ4v) is 5.93. The minimum atomic E-state index is 0.740. The van der Waals surface area contributed by atoms with Gasteiger partial charge >= 0.3 is 0 Å². The van der Waals surface area contributed by atoms with Crippen molar-refractivity contribution in [1.82, 2.24) is 9.97 Å². The highest BCUT2D eigenvalue weighted by Crippen LogP contribution is 2.38. The van der Waals surface area contributed by atoms with Gasteiger partial charge in [0.25, 0.3) is 0 Å². The molecule has 0 aliphatic heterocycles. The van der Waals surface area contributed by atoms with Crippen LogP contribution in [0.3, 0.4) is 0 Å². The van der Waals surface area contributed by atoms with Gasteiger partial charge in [-0.05, 0) is 61.6 Å². The molecule has 7 aromatic carbocycles. The third-order valence-corrected chi connectivity index (χ3v) is 7.85. The Morgan fingerprint density at radius 2 is 0.775 bits per heavy atom. The van der Waals surface area contributed by atoms with Crippen LogP contribution in [-0.2, 0) is 0 Å². The fraction of sp³-hybridized carbons (Fsp3) is 0. The molecule has 0 radical (unpaired) electrons. The van der Waals surface area contributed by atoms with Crippen LogP contribution in [0.25, 0.3) is 77.0 Å². The number of hydrogen-bond acceptors (Lipinski definition) is 2. The van der Waals surface area contributed by atoms with Crippen LogP contribution in [-0.4, -0.2) is 9.97 Å². The number of rotatable bonds is 3. The van der Waals surface area contributed by atoms with Crippen molar-refractivity contribution in [1.29, 1.82) is 0 Å². The van der Waals surface area contributed by atoms with Crippen LogP contribution in [0.2, 0.25) is 0 Å². The SMILES string of the molecule is c1ccc(-c2nc(-c3ccccc3)c3cc(-c4ccc5c6ccccc6c6ccccc6c5c4)ccc3n2)cc1. The Morgan fingerprint density at radius 1 is 0.300 bits per heavy atom. The van der Waals surface area contributed by atoms with E-state index in [1.807, 2.05) is 24.3 Å². The van der Waals surface area contributed by atoms with Gasteiger partial charge in [0.2, 0.25) is 0 Å². The molecule has 2 nitrogen and oxygen atoms in total. The predicted molar refractivity (Wildman–Crippen MR) is 168 cm³/mol. The highest BCUT2D eigenvalue weighted by molar-refractivity contribution is 6.25. The van der Waals surface area contributed by atoms with Gasteiger partial charge in [-0.25, -0.2) is 9.97 Å². The third kappa shape index (κ3) is 3.65. The molecule has 2 heteroatoms. The Hall–Kier alpha value is -5.34. The monoisotopic (exact) mass is 508 g/mol. The lowest BCUT2D eigenvalue weighted by atomic mass is 9.91. The molecule has 0 unspecified atom stereocenters. The quantitative estimate of drug-likeness (QED) is 0.222.